The molecular formula is C11H16N6O. The summed E-state index contributed by atoms with van der Waals surface area (Å²) in [4.78, 5) is 15.7. The van der Waals surface area contributed by atoms with Crippen LogP contribution in [0.25, 0.3) is 11.2 Å². The van der Waals surface area contributed by atoms with Gasteiger partial charge in [-0.15, -0.1) is 0 Å². The Morgan fingerprint density at radius 2 is 2.33 bits per heavy atom. The van der Waals surface area contributed by atoms with Gasteiger partial charge in [0.25, 0.3) is 0 Å². The summed E-state index contributed by atoms with van der Waals surface area (Å²) < 4.78 is 3.71. The van der Waals surface area contributed by atoms with Gasteiger partial charge in [-0.1, -0.05) is 6.92 Å². The lowest BCUT2D eigenvalue weighted by Crippen LogP contribution is -2.17. The van der Waals surface area contributed by atoms with Crippen LogP contribution in [-0.4, -0.2) is 31.8 Å². The summed E-state index contributed by atoms with van der Waals surface area (Å²) in [5.74, 6) is 0.508. The average Bonchev–Trinajstić information content (AvgIpc) is 2.96. The van der Waals surface area contributed by atoms with E-state index in [1.807, 2.05) is 18.5 Å². The molecule has 1 unspecified atom stereocenters. The fourth-order valence-corrected chi connectivity index (χ4v) is 2.59. The second kappa shape index (κ2) is 3.72. The zero-order valence-corrected chi connectivity index (χ0v) is 10.5. The van der Waals surface area contributed by atoms with Crippen molar-refractivity contribution in [1.82, 2.24) is 24.6 Å². The molecule has 0 aliphatic carbocycles. The quantitative estimate of drug-likeness (QED) is 0.781. The Labute approximate surface area is 104 Å². The van der Waals surface area contributed by atoms with Crippen LogP contribution in [0.2, 0.25) is 0 Å². The number of imidazole rings is 1. The maximum absolute atomic E-state index is 11.3. The lowest BCUT2D eigenvalue weighted by atomic mass is 10.2. The number of carbonyl (C=O) groups is 1. The highest BCUT2D eigenvalue weighted by Gasteiger charge is 2.28. The van der Waals surface area contributed by atoms with Gasteiger partial charge in [-0.3, -0.25) is 14.0 Å². The number of nitrogens with two attached hydrogens (primary N) is 1. The topological polar surface area (TPSA) is 90.8 Å². The predicted molar refractivity (Wildman–Crippen MR) is 67.0 cm³/mol. The van der Waals surface area contributed by atoms with Gasteiger partial charge in [-0.2, -0.15) is 5.10 Å². The van der Waals surface area contributed by atoms with Gasteiger partial charge < -0.3 is 11.1 Å². The summed E-state index contributed by atoms with van der Waals surface area (Å²) in [7, 11) is 1.88. The molecule has 3 N–H and O–H groups in total. The van der Waals surface area contributed by atoms with Crippen LogP contribution < -0.4 is 11.1 Å². The Hall–Kier alpha value is -2.05. The molecule has 0 aromatic carbocycles. The number of hydrogen-bond donors (Lipinski definition) is 2. The van der Waals surface area contributed by atoms with Crippen molar-refractivity contribution >= 4 is 23.0 Å². The third-order valence-corrected chi connectivity index (χ3v) is 3.42. The summed E-state index contributed by atoms with van der Waals surface area (Å²) in [6, 6.07) is 0.0302. The van der Waals surface area contributed by atoms with Gasteiger partial charge in [-0.05, 0) is 6.42 Å². The fourth-order valence-electron chi connectivity index (χ4n) is 2.59. The fraction of sp³-hybridized carbons (Fsp3) is 0.545. The third kappa shape index (κ3) is 1.40. The SMILES string of the molecule is CCc1nn(C)c2c1nc(N)n2C1CNC(=O)C1. The van der Waals surface area contributed by atoms with Crippen LogP contribution in [0.3, 0.4) is 0 Å². The van der Waals surface area contributed by atoms with Crippen molar-refractivity contribution in [2.45, 2.75) is 25.8 Å². The minimum absolute atomic E-state index is 0.0302. The molecule has 0 bridgehead atoms. The molecule has 2 aromatic heterocycles. The molecule has 3 rings (SSSR count). The molecule has 1 fully saturated rings. The van der Waals surface area contributed by atoms with Crippen LogP contribution in [-0.2, 0) is 18.3 Å². The van der Waals surface area contributed by atoms with Gasteiger partial charge in [0.05, 0.1) is 11.7 Å². The first-order valence-corrected chi connectivity index (χ1v) is 6.07. The van der Waals surface area contributed by atoms with Gasteiger partial charge in [0.1, 0.15) is 5.52 Å². The van der Waals surface area contributed by atoms with Crippen LogP contribution >= 0.6 is 0 Å². The third-order valence-electron chi connectivity index (χ3n) is 3.42. The van der Waals surface area contributed by atoms with Gasteiger partial charge in [-0.25, -0.2) is 4.98 Å². The van der Waals surface area contributed by atoms with Crippen LogP contribution in [0.4, 0.5) is 5.95 Å². The number of hydrogen-bond acceptors (Lipinski definition) is 4. The number of rotatable bonds is 2. The largest absolute Gasteiger partial charge is 0.369 e. The Morgan fingerprint density at radius 3 is 2.94 bits per heavy atom. The maximum atomic E-state index is 11.3. The standard InChI is InChI=1S/C11H16N6O/c1-3-7-9-10(16(2)15-7)17(11(12)14-9)6-4-8(18)13-5-6/h6H,3-5H2,1-2H3,(H2,12,14)(H,13,18). The van der Waals surface area contributed by atoms with E-state index in [1.165, 1.54) is 0 Å². The van der Waals surface area contributed by atoms with E-state index in [0.717, 1.165) is 23.3 Å². The highest BCUT2D eigenvalue weighted by molar-refractivity contribution is 5.81. The first-order valence-electron chi connectivity index (χ1n) is 6.07. The molecule has 0 spiro atoms. The Kier molecular flexibility index (Phi) is 2.29. The monoisotopic (exact) mass is 248 g/mol. The molecule has 0 saturated carbocycles. The molecule has 1 aliphatic rings. The number of nitrogen functional groups attached to an aromatic ring is 1. The summed E-state index contributed by atoms with van der Waals surface area (Å²) in [5.41, 5.74) is 8.67. The Balaban J connectivity index is 2.19. The molecule has 7 heteroatoms. The summed E-state index contributed by atoms with van der Waals surface area (Å²) >= 11 is 0. The highest BCUT2D eigenvalue weighted by Crippen LogP contribution is 2.28. The Bertz CT molecular complexity index is 625. The zero-order valence-electron chi connectivity index (χ0n) is 10.5. The number of amides is 1. The summed E-state index contributed by atoms with van der Waals surface area (Å²) in [5, 5.41) is 7.25. The van der Waals surface area contributed by atoms with Crippen molar-refractivity contribution in [3.8, 4) is 0 Å². The first kappa shape index (κ1) is 11.1. The molecular weight excluding hydrogens is 232 g/mol. The number of aromatic nitrogens is 4. The van der Waals surface area contributed by atoms with E-state index in [0.29, 0.717) is 18.9 Å². The average molecular weight is 248 g/mol. The normalized spacial score (nSPS) is 19.7. The van der Waals surface area contributed by atoms with Crippen LogP contribution in [0, 0.1) is 0 Å². The first-order chi connectivity index (χ1) is 8.61. The van der Waals surface area contributed by atoms with E-state index in [9.17, 15) is 4.79 Å². The Morgan fingerprint density at radius 1 is 1.56 bits per heavy atom. The number of nitrogens with one attached hydrogen (secondary N) is 1. The van der Waals surface area contributed by atoms with Crippen molar-refractivity contribution in [1.29, 1.82) is 0 Å². The molecule has 1 amide bonds. The molecule has 1 aliphatic heterocycles. The molecule has 1 saturated heterocycles. The lowest BCUT2D eigenvalue weighted by molar-refractivity contribution is -0.119. The lowest BCUT2D eigenvalue weighted by Gasteiger charge is -2.12. The summed E-state index contributed by atoms with van der Waals surface area (Å²) in [6.45, 7) is 2.64. The molecule has 96 valence electrons. The van der Waals surface area contributed by atoms with E-state index in [2.05, 4.69) is 15.4 Å². The number of carbonyl (C=O) groups excluding carboxylic acids is 1. The zero-order chi connectivity index (χ0) is 12.9. The van der Waals surface area contributed by atoms with E-state index in [4.69, 9.17) is 5.73 Å². The van der Waals surface area contributed by atoms with E-state index < -0.39 is 0 Å². The molecule has 18 heavy (non-hydrogen) atoms. The number of fused-ring (bicyclic) bond motifs is 1. The minimum Gasteiger partial charge on any atom is -0.369 e. The van der Waals surface area contributed by atoms with Crippen molar-refractivity contribution in [3.63, 3.8) is 0 Å². The molecule has 3 heterocycles. The molecule has 0 radical (unpaired) electrons. The van der Waals surface area contributed by atoms with E-state index in [1.54, 1.807) is 4.68 Å². The van der Waals surface area contributed by atoms with Crippen LogP contribution in [0.5, 0.6) is 0 Å². The van der Waals surface area contributed by atoms with Crippen LogP contribution in [0.15, 0.2) is 0 Å². The van der Waals surface area contributed by atoms with Gasteiger partial charge in [0.2, 0.25) is 11.9 Å². The van der Waals surface area contributed by atoms with Crippen molar-refractivity contribution in [2.24, 2.45) is 7.05 Å². The number of anilines is 1. The van der Waals surface area contributed by atoms with Crippen LogP contribution in [0.1, 0.15) is 25.1 Å². The van der Waals surface area contributed by atoms with Crippen molar-refractivity contribution in [3.05, 3.63) is 5.69 Å². The van der Waals surface area contributed by atoms with Crippen molar-refractivity contribution < 1.29 is 4.79 Å². The van der Waals surface area contributed by atoms with Crippen molar-refractivity contribution in [2.75, 3.05) is 12.3 Å². The molecule has 2 aromatic rings. The van der Waals surface area contributed by atoms with Gasteiger partial charge in [0.15, 0.2) is 5.65 Å². The maximum Gasteiger partial charge on any atom is 0.222 e. The van der Waals surface area contributed by atoms with Gasteiger partial charge in [0, 0.05) is 20.0 Å². The second-order valence-electron chi connectivity index (χ2n) is 4.60. The molecule has 1 atom stereocenters. The van der Waals surface area contributed by atoms with E-state index >= 15 is 0 Å². The predicted octanol–water partition coefficient (Wildman–Crippen LogP) is -0.0246. The number of nitrogens with zero attached hydrogens (tertiary/aromatic N) is 4. The molecule has 7 nitrogen and oxygen atoms in total. The van der Waals surface area contributed by atoms with E-state index in [-0.39, 0.29) is 11.9 Å². The minimum atomic E-state index is 0.0302. The summed E-state index contributed by atoms with van der Waals surface area (Å²) in [6.07, 6.45) is 1.26. The highest BCUT2D eigenvalue weighted by atomic mass is 16.1. The number of aryl methyl sites for hydroxylation is 2. The smallest absolute Gasteiger partial charge is 0.222 e. The van der Waals surface area contributed by atoms with Gasteiger partial charge >= 0.3 is 0 Å². The second-order valence-corrected chi connectivity index (χ2v) is 4.60.